The summed E-state index contributed by atoms with van der Waals surface area (Å²) in [4.78, 5) is 11.5. The number of nitrogen functional groups attached to an aromatic ring is 1. The summed E-state index contributed by atoms with van der Waals surface area (Å²) in [5.41, 5.74) is -2.46. The first kappa shape index (κ1) is 18.1. The number of esters is 1. The van der Waals surface area contributed by atoms with E-state index in [9.17, 15) is 36.2 Å². The molecule has 0 saturated heterocycles. The van der Waals surface area contributed by atoms with E-state index in [1.54, 1.807) is 0 Å². The molecule has 0 unspecified atom stereocenters. The highest BCUT2D eigenvalue weighted by molar-refractivity contribution is 5.95. The molecule has 0 aliphatic heterocycles. The number of rotatable bonds is 3. The van der Waals surface area contributed by atoms with Crippen molar-refractivity contribution in [2.75, 3.05) is 12.3 Å². The summed E-state index contributed by atoms with van der Waals surface area (Å²) in [6.07, 6.45) is -12.1. The van der Waals surface area contributed by atoms with Gasteiger partial charge in [0.15, 0.2) is 0 Å². The first-order valence-corrected chi connectivity index (χ1v) is 5.79. The molecule has 0 saturated carbocycles. The molecule has 0 fully saturated rings. The van der Waals surface area contributed by atoms with E-state index in [4.69, 9.17) is 5.73 Å². The van der Waals surface area contributed by atoms with Gasteiger partial charge in [-0.15, -0.1) is 0 Å². The molecule has 0 heterocycles. The smallest absolute Gasteiger partial charge is 0.430 e. The second kappa shape index (κ2) is 5.67. The van der Waals surface area contributed by atoms with Crippen LogP contribution in [0.5, 0.6) is 0 Å². The fraction of sp³-hybridized carbons (Fsp3) is 0.417. The molecule has 22 heavy (non-hydrogen) atoms. The zero-order valence-corrected chi connectivity index (χ0v) is 11.0. The maximum absolute atomic E-state index is 12.7. The minimum atomic E-state index is -6.05. The highest BCUT2D eigenvalue weighted by Crippen LogP contribution is 2.50. The van der Waals surface area contributed by atoms with Crippen molar-refractivity contribution in [3.8, 4) is 0 Å². The predicted octanol–water partition coefficient (Wildman–Crippen LogP) is 2.76. The lowest BCUT2D eigenvalue weighted by Gasteiger charge is -2.32. The van der Waals surface area contributed by atoms with Gasteiger partial charge in [-0.2, -0.15) is 26.3 Å². The van der Waals surface area contributed by atoms with E-state index < -0.39 is 35.0 Å². The van der Waals surface area contributed by atoms with Crippen LogP contribution in [0.1, 0.15) is 22.8 Å². The van der Waals surface area contributed by atoms with Crippen LogP contribution in [0.2, 0.25) is 0 Å². The van der Waals surface area contributed by atoms with Gasteiger partial charge in [0.25, 0.3) is 5.60 Å². The molecule has 1 rings (SSSR count). The minimum Gasteiger partial charge on any atom is -0.462 e. The highest BCUT2D eigenvalue weighted by Gasteiger charge is 2.71. The van der Waals surface area contributed by atoms with Crippen molar-refractivity contribution in [2.45, 2.75) is 24.9 Å². The first-order valence-electron chi connectivity index (χ1n) is 5.79. The maximum Gasteiger partial charge on any atom is 0.430 e. The van der Waals surface area contributed by atoms with Gasteiger partial charge in [-0.3, -0.25) is 0 Å². The molecular weight excluding hydrogens is 320 g/mol. The molecule has 0 bridgehead atoms. The maximum atomic E-state index is 12.7. The van der Waals surface area contributed by atoms with Gasteiger partial charge >= 0.3 is 18.3 Å². The zero-order valence-electron chi connectivity index (χ0n) is 11.0. The van der Waals surface area contributed by atoms with E-state index in [0.717, 1.165) is 0 Å². The summed E-state index contributed by atoms with van der Waals surface area (Å²) in [5, 5.41) is 9.24. The lowest BCUT2D eigenvalue weighted by Crippen LogP contribution is -2.54. The molecule has 0 atom stereocenters. The summed E-state index contributed by atoms with van der Waals surface area (Å²) in [6.45, 7) is 1.23. The van der Waals surface area contributed by atoms with Crippen molar-refractivity contribution in [1.82, 2.24) is 0 Å². The van der Waals surface area contributed by atoms with E-state index >= 15 is 0 Å². The number of carbonyl (C=O) groups excluding carboxylic acids is 1. The Morgan fingerprint density at radius 3 is 2.09 bits per heavy atom. The number of anilines is 1. The van der Waals surface area contributed by atoms with Crippen molar-refractivity contribution in [3.05, 3.63) is 29.3 Å². The van der Waals surface area contributed by atoms with Crippen LogP contribution in [0.15, 0.2) is 18.2 Å². The number of alkyl halides is 6. The monoisotopic (exact) mass is 331 g/mol. The Labute approximate surface area is 120 Å². The van der Waals surface area contributed by atoms with Crippen LogP contribution in [0, 0.1) is 0 Å². The van der Waals surface area contributed by atoms with Gasteiger partial charge in [0.05, 0.1) is 12.2 Å². The number of aliphatic hydroxyl groups is 1. The molecule has 124 valence electrons. The van der Waals surface area contributed by atoms with Crippen LogP contribution in [0.3, 0.4) is 0 Å². The molecule has 0 radical (unpaired) electrons. The number of halogens is 6. The Bertz CT molecular complexity index is 553. The average Bonchev–Trinajstić information content (AvgIpc) is 2.35. The lowest BCUT2D eigenvalue weighted by atomic mass is 9.90. The molecule has 0 amide bonds. The standard InChI is InChI=1S/C12H11F6NO3/c1-2-22-9(20)7-5-6(3-4-8(7)19)10(21,11(13,14)15)12(16,17)18/h3-5,21H,2,19H2,1H3. The second-order valence-electron chi connectivity index (χ2n) is 4.23. The molecule has 0 aromatic heterocycles. The molecule has 10 heteroatoms. The highest BCUT2D eigenvalue weighted by atomic mass is 19.4. The Kier molecular flexibility index (Phi) is 4.66. The predicted molar refractivity (Wildman–Crippen MR) is 62.8 cm³/mol. The van der Waals surface area contributed by atoms with Gasteiger partial charge in [-0.25, -0.2) is 4.79 Å². The van der Waals surface area contributed by atoms with Crippen molar-refractivity contribution < 1.29 is 41.0 Å². The number of hydrogen-bond acceptors (Lipinski definition) is 4. The Morgan fingerprint density at radius 1 is 1.18 bits per heavy atom. The van der Waals surface area contributed by atoms with Crippen LogP contribution < -0.4 is 5.73 Å². The molecule has 3 N–H and O–H groups in total. The largest absolute Gasteiger partial charge is 0.462 e. The van der Waals surface area contributed by atoms with Gasteiger partial charge in [0.1, 0.15) is 0 Å². The van der Waals surface area contributed by atoms with Gasteiger partial charge in [-0.05, 0) is 19.1 Å². The SMILES string of the molecule is CCOC(=O)c1cc(C(O)(C(F)(F)F)C(F)(F)F)ccc1N. The number of carbonyl (C=O) groups is 1. The van der Waals surface area contributed by atoms with Gasteiger partial charge in [0, 0.05) is 11.3 Å². The molecule has 0 aliphatic carbocycles. The zero-order chi connectivity index (χ0) is 17.3. The number of nitrogens with two attached hydrogens (primary N) is 1. The van der Waals surface area contributed by atoms with Gasteiger partial charge < -0.3 is 15.6 Å². The molecule has 0 aliphatic rings. The van der Waals surface area contributed by atoms with Crippen molar-refractivity contribution in [3.63, 3.8) is 0 Å². The average molecular weight is 331 g/mol. The number of benzene rings is 1. The van der Waals surface area contributed by atoms with Crippen LogP contribution >= 0.6 is 0 Å². The van der Waals surface area contributed by atoms with Gasteiger partial charge in [-0.1, -0.05) is 6.07 Å². The van der Waals surface area contributed by atoms with E-state index in [1.807, 2.05) is 0 Å². The van der Waals surface area contributed by atoms with E-state index in [2.05, 4.69) is 4.74 Å². The fourth-order valence-electron chi connectivity index (χ4n) is 1.65. The van der Waals surface area contributed by atoms with Crippen molar-refractivity contribution in [1.29, 1.82) is 0 Å². The molecule has 0 spiro atoms. The topological polar surface area (TPSA) is 72.5 Å². The first-order chi connectivity index (χ1) is 9.86. The number of ether oxygens (including phenoxy) is 1. The van der Waals surface area contributed by atoms with Crippen LogP contribution in [-0.4, -0.2) is 30.0 Å². The Morgan fingerprint density at radius 2 is 1.68 bits per heavy atom. The third kappa shape index (κ3) is 2.96. The summed E-state index contributed by atoms with van der Waals surface area (Å²) in [6, 6.07) is 1.22. The third-order valence-electron chi connectivity index (χ3n) is 2.79. The minimum absolute atomic E-state index is 0.161. The normalized spacial score (nSPS) is 13.1. The molecule has 4 nitrogen and oxygen atoms in total. The summed E-state index contributed by atoms with van der Waals surface area (Å²) in [5.74, 6) is -1.20. The van der Waals surface area contributed by atoms with Crippen LogP contribution in [0.4, 0.5) is 32.0 Å². The molecular formula is C12H11F6NO3. The second-order valence-corrected chi connectivity index (χ2v) is 4.23. The molecule has 1 aromatic carbocycles. The summed E-state index contributed by atoms with van der Waals surface area (Å²) < 4.78 is 81.0. The summed E-state index contributed by atoms with van der Waals surface area (Å²) >= 11 is 0. The van der Waals surface area contributed by atoms with E-state index in [-0.39, 0.29) is 18.4 Å². The van der Waals surface area contributed by atoms with E-state index in [0.29, 0.717) is 12.1 Å². The molecule has 1 aromatic rings. The van der Waals surface area contributed by atoms with Crippen molar-refractivity contribution in [2.24, 2.45) is 0 Å². The Balaban J connectivity index is 3.53. The van der Waals surface area contributed by atoms with Crippen molar-refractivity contribution >= 4 is 11.7 Å². The lowest BCUT2D eigenvalue weighted by molar-refractivity contribution is -0.376. The quantitative estimate of drug-likeness (QED) is 0.507. The number of hydrogen-bond donors (Lipinski definition) is 2. The fourth-order valence-corrected chi connectivity index (χ4v) is 1.65. The van der Waals surface area contributed by atoms with Gasteiger partial charge in [0.2, 0.25) is 0 Å². The van der Waals surface area contributed by atoms with Crippen LogP contribution in [-0.2, 0) is 10.3 Å². The summed E-state index contributed by atoms with van der Waals surface area (Å²) in [7, 11) is 0. The third-order valence-corrected chi connectivity index (χ3v) is 2.79. The van der Waals surface area contributed by atoms with Crippen LogP contribution in [0.25, 0.3) is 0 Å². The van der Waals surface area contributed by atoms with E-state index in [1.165, 1.54) is 6.92 Å². The Hall–Kier alpha value is -1.97.